The Balaban J connectivity index is 2.02. The average Bonchev–Trinajstić information content (AvgIpc) is 2.98. The maximum Gasteiger partial charge on any atom is 0.342 e. The molecule has 0 saturated heterocycles. The highest BCUT2D eigenvalue weighted by Crippen LogP contribution is 2.28. The second-order valence-electron chi connectivity index (χ2n) is 4.66. The molecule has 0 saturated carbocycles. The number of rotatable bonds is 6. The Bertz CT molecular complexity index is 782. The lowest BCUT2D eigenvalue weighted by Gasteiger charge is -2.10. The van der Waals surface area contributed by atoms with Gasteiger partial charge in [0.25, 0.3) is 11.6 Å². The van der Waals surface area contributed by atoms with Crippen LogP contribution < -0.4 is 10.1 Å². The third kappa shape index (κ3) is 3.88. The molecule has 24 heavy (non-hydrogen) atoms. The summed E-state index contributed by atoms with van der Waals surface area (Å²) in [6, 6.07) is 5.18. The minimum atomic E-state index is -0.706. The summed E-state index contributed by atoms with van der Waals surface area (Å²) in [4.78, 5) is 33.8. The van der Waals surface area contributed by atoms with Gasteiger partial charge in [0.15, 0.2) is 6.61 Å². The molecule has 0 unspecified atom stereocenters. The molecule has 0 bridgehead atoms. The zero-order chi connectivity index (χ0) is 17.7. The van der Waals surface area contributed by atoms with E-state index in [0.717, 1.165) is 6.07 Å². The highest BCUT2D eigenvalue weighted by molar-refractivity contribution is 5.96. The Kier molecular flexibility index (Phi) is 5.15. The number of aryl methyl sites for hydroxylation is 1. The molecule has 1 N–H and O–H groups in total. The topological polar surface area (TPSA) is 121 Å². The van der Waals surface area contributed by atoms with Crippen LogP contribution in [-0.2, 0) is 9.53 Å². The summed E-state index contributed by atoms with van der Waals surface area (Å²) in [5, 5.41) is 13.2. The lowest BCUT2D eigenvalue weighted by Crippen LogP contribution is -2.21. The largest absolute Gasteiger partial charge is 0.495 e. The Labute approximate surface area is 136 Å². The fraction of sp³-hybridized carbons (Fsp3) is 0.200. The molecule has 0 aliphatic carbocycles. The van der Waals surface area contributed by atoms with Gasteiger partial charge in [0.05, 0.1) is 24.0 Å². The molecule has 0 radical (unpaired) electrons. The number of amides is 1. The van der Waals surface area contributed by atoms with Gasteiger partial charge in [-0.15, -0.1) is 0 Å². The molecule has 126 valence electrons. The number of benzene rings is 1. The molecule has 9 nitrogen and oxygen atoms in total. The van der Waals surface area contributed by atoms with E-state index >= 15 is 0 Å². The molecule has 1 aromatic heterocycles. The zero-order valence-corrected chi connectivity index (χ0v) is 12.9. The van der Waals surface area contributed by atoms with Crippen molar-refractivity contribution in [2.24, 2.45) is 0 Å². The van der Waals surface area contributed by atoms with Crippen LogP contribution in [0.1, 0.15) is 16.1 Å². The number of furan rings is 1. The third-order valence-electron chi connectivity index (χ3n) is 3.08. The number of hydrogen-bond donors (Lipinski definition) is 1. The number of carbonyl (C=O) groups is 2. The van der Waals surface area contributed by atoms with Gasteiger partial charge < -0.3 is 19.2 Å². The van der Waals surface area contributed by atoms with Gasteiger partial charge >= 0.3 is 5.97 Å². The van der Waals surface area contributed by atoms with Gasteiger partial charge in [0, 0.05) is 12.1 Å². The molecular weight excluding hydrogens is 320 g/mol. The van der Waals surface area contributed by atoms with E-state index in [1.807, 2.05) is 0 Å². The molecule has 1 aromatic carbocycles. The first-order valence-corrected chi connectivity index (χ1v) is 6.76. The Morgan fingerprint density at radius 3 is 2.67 bits per heavy atom. The van der Waals surface area contributed by atoms with E-state index in [1.165, 1.54) is 31.6 Å². The predicted molar refractivity (Wildman–Crippen MR) is 82.0 cm³/mol. The van der Waals surface area contributed by atoms with Crippen molar-refractivity contribution in [1.82, 2.24) is 0 Å². The summed E-state index contributed by atoms with van der Waals surface area (Å²) in [7, 11) is 1.36. The fourth-order valence-corrected chi connectivity index (χ4v) is 1.90. The Morgan fingerprint density at radius 2 is 2.08 bits per heavy atom. The van der Waals surface area contributed by atoms with Crippen molar-refractivity contribution < 1.29 is 28.4 Å². The molecular formula is C15H14N2O7. The van der Waals surface area contributed by atoms with E-state index in [4.69, 9.17) is 13.9 Å². The van der Waals surface area contributed by atoms with Crippen molar-refractivity contribution in [1.29, 1.82) is 0 Å². The highest BCUT2D eigenvalue weighted by Gasteiger charge is 2.17. The van der Waals surface area contributed by atoms with E-state index in [2.05, 4.69) is 5.32 Å². The summed E-state index contributed by atoms with van der Waals surface area (Å²) in [5.41, 5.74) is 0.111. The number of nitrogens with zero attached hydrogens (tertiary/aromatic N) is 1. The first-order chi connectivity index (χ1) is 11.4. The second-order valence-corrected chi connectivity index (χ2v) is 4.66. The number of ether oxygens (including phenoxy) is 2. The quantitative estimate of drug-likeness (QED) is 0.488. The lowest BCUT2D eigenvalue weighted by atomic mass is 10.2. The van der Waals surface area contributed by atoms with Gasteiger partial charge in [-0.3, -0.25) is 14.9 Å². The van der Waals surface area contributed by atoms with E-state index in [0.29, 0.717) is 5.76 Å². The van der Waals surface area contributed by atoms with Gasteiger partial charge in [-0.2, -0.15) is 0 Å². The van der Waals surface area contributed by atoms with Crippen LogP contribution >= 0.6 is 0 Å². The molecule has 1 heterocycles. The maximum atomic E-state index is 11.9. The molecule has 0 aliphatic rings. The average molecular weight is 334 g/mol. The number of nitro groups is 1. The van der Waals surface area contributed by atoms with Gasteiger partial charge in [-0.1, -0.05) is 0 Å². The molecule has 0 aliphatic heterocycles. The Morgan fingerprint density at radius 1 is 1.33 bits per heavy atom. The minimum absolute atomic E-state index is 0.104. The summed E-state index contributed by atoms with van der Waals surface area (Å²) in [6.45, 7) is 1.03. The van der Waals surface area contributed by atoms with Crippen molar-refractivity contribution in [3.63, 3.8) is 0 Å². The highest BCUT2D eigenvalue weighted by atomic mass is 16.6. The number of methoxy groups -OCH3 is 1. The number of esters is 1. The van der Waals surface area contributed by atoms with Gasteiger partial charge in [-0.25, -0.2) is 4.79 Å². The second kappa shape index (κ2) is 7.27. The first kappa shape index (κ1) is 17.0. The van der Waals surface area contributed by atoms with Gasteiger partial charge in [0.2, 0.25) is 0 Å². The van der Waals surface area contributed by atoms with Crippen molar-refractivity contribution in [2.75, 3.05) is 19.0 Å². The molecule has 1 amide bonds. The molecule has 0 atom stereocenters. The van der Waals surface area contributed by atoms with Crippen molar-refractivity contribution >= 4 is 23.3 Å². The van der Waals surface area contributed by atoms with Crippen LogP contribution in [0.15, 0.2) is 34.9 Å². The summed E-state index contributed by atoms with van der Waals surface area (Å²) in [6.07, 6.45) is 1.33. The molecule has 2 rings (SSSR count). The Hall–Kier alpha value is -3.36. The van der Waals surface area contributed by atoms with Crippen molar-refractivity contribution in [2.45, 2.75) is 6.92 Å². The number of carbonyl (C=O) groups excluding carboxylic acids is 2. The normalized spacial score (nSPS) is 10.1. The smallest absolute Gasteiger partial charge is 0.342 e. The van der Waals surface area contributed by atoms with Crippen LogP contribution in [-0.4, -0.2) is 30.5 Å². The van der Waals surface area contributed by atoms with E-state index in [-0.39, 0.29) is 22.7 Å². The van der Waals surface area contributed by atoms with Crippen LogP contribution in [0.5, 0.6) is 5.75 Å². The zero-order valence-electron chi connectivity index (χ0n) is 12.9. The lowest BCUT2D eigenvalue weighted by molar-refractivity contribution is -0.384. The number of nitro benzene ring substituents is 1. The van der Waals surface area contributed by atoms with Crippen LogP contribution in [0.25, 0.3) is 0 Å². The monoisotopic (exact) mass is 334 g/mol. The van der Waals surface area contributed by atoms with E-state index in [9.17, 15) is 19.7 Å². The van der Waals surface area contributed by atoms with Crippen LogP contribution in [0.2, 0.25) is 0 Å². The van der Waals surface area contributed by atoms with Crippen LogP contribution in [0.3, 0.4) is 0 Å². The number of anilines is 1. The summed E-state index contributed by atoms with van der Waals surface area (Å²) >= 11 is 0. The van der Waals surface area contributed by atoms with Crippen LogP contribution in [0, 0.1) is 17.0 Å². The first-order valence-electron chi connectivity index (χ1n) is 6.76. The molecule has 0 fully saturated rings. The molecule has 2 aromatic rings. The number of nitrogens with one attached hydrogen (secondary N) is 1. The number of non-ortho nitro benzene ring substituents is 1. The van der Waals surface area contributed by atoms with Crippen LogP contribution in [0.4, 0.5) is 11.4 Å². The third-order valence-corrected chi connectivity index (χ3v) is 3.08. The number of hydrogen-bond acceptors (Lipinski definition) is 7. The summed E-state index contributed by atoms with van der Waals surface area (Å²) < 4.78 is 14.9. The fourth-order valence-electron chi connectivity index (χ4n) is 1.90. The summed E-state index contributed by atoms with van der Waals surface area (Å²) in [5.74, 6) is -0.752. The van der Waals surface area contributed by atoms with E-state index in [1.54, 1.807) is 6.92 Å². The van der Waals surface area contributed by atoms with Crippen molar-refractivity contribution in [3.8, 4) is 5.75 Å². The van der Waals surface area contributed by atoms with E-state index < -0.39 is 23.4 Å². The SMILES string of the molecule is COc1ccc([N+](=O)[O-])cc1NC(=O)COC(=O)c1ccoc1C. The van der Waals surface area contributed by atoms with Gasteiger partial charge in [0.1, 0.15) is 17.1 Å². The van der Waals surface area contributed by atoms with Gasteiger partial charge in [-0.05, 0) is 19.1 Å². The minimum Gasteiger partial charge on any atom is -0.495 e. The maximum absolute atomic E-state index is 11.9. The molecule has 9 heteroatoms. The predicted octanol–water partition coefficient (Wildman–Crippen LogP) is 2.30. The van der Waals surface area contributed by atoms with Crippen molar-refractivity contribution in [3.05, 3.63) is 52.0 Å². The standard InChI is InChI=1S/C15H14N2O7/c1-9-11(5-6-23-9)15(19)24-8-14(18)16-12-7-10(17(20)21)3-4-13(12)22-2/h3-7H,8H2,1-2H3,(H,16,18). The molecule has 0 spiro atoms.